The lowest BCUT2D eigenvalue weighted by atomic mass is 10.2. The van der Waals surface area contributed by atoms with Gasteiger partial charge in [0.1, 0.15) is 18.1 Å². The third-order valence-electron chi connectivity index (χ3n) is 2.62. The molecule has 0 spiro atoms. The van der Waals surface area contributed by atoms with Crippen LogP contribution in [0.3, 0.4) is 0 Å². The molecule has 20 heavy (non-hydrogen) atoms. The predicted molar refractivity (Wildman–Crippen MR) is 78.1 cm³/mol. The summed E-state index contributed by atoms with van der Waals surface area (Å²) in [7, 11) is 1.47. The zero-order valence-corrected chi connectivity index (χ0v) is 12.3. The van der Waals surface area contributed by atoms with Crippen LogP contribution >= 0.6 is 15.9 Å². The lowest BCUT2D eigenvalue weighted by Gasteiger charge is -2.08. The Morgan fingerprint density at radius 2 is 1.85 bits per heavy atom. The number of ether oxygens (including phenoxy) is 2. The number of methoxy groups -OCH3 is 1. The van der Waals surface area contributed by atoms with E-state index in [9.17, 15) is 10.1 Å². The van der Waals surface area contributed by atoms with E-state index in [0.29, 0.717) is 17.1 Å². The monoisotopic (exact) mass is 337 g/mol. The van der Waals surface area contributed by atoms with Gasteiger partial charge in [0.15, 0.2) is 0 Å². The Kier molecular flexibility index (Phi) is 4.57. The van der Waals surface area contributed by atoms with Crippen LogP contribution in [0, 0.1) is 10.1 Å². The van der Waals surface area contributed by atoms with Gasteiger partial charge in [0.2, 0.25) is 0 Å². The molecule has 0 fully saturated rings. The first-order valence-electron chi connectivity index (χ1n) is 5.79. The molecule has 0 heterocycles. The van der Waals surface area contributed by atoms with E-state index in [0.717, 1.165) is 4.47 Å². The molecular formula is C14H12BrNO4. The Morgan fingerprint density at radius 3 is 2.45 bits per heavy atom. The molecule has 0 radical (unpaired) electrons. The largest absolute Gasteiger partial charge is 0.496 e. The highest BCUT2D eigenvalue weighted by Gasteiger charge is 2.10. The first kappa shape index (κ1) is 14.3. The van der Waals surface area contributed by atoms with Crippen molar-refractivity contribution in [3.05, 3.63) is 62.6 Å². The fourth-order valence-corrected chi connectivity index (χ4v) is 1.91. The minimum atomic E-state index is -0.453. The first-order valence-corrected chi connectivity index (χ1v) is 6.58. The molecule has 0 aliphatic carbocycles. The summed E-state index contributed by atoms with van der Waals surface area (Å²) in [5.41, 5.74) is 0.665. The minimum Gasteiger partial charge on any atom is -0.496 e. The van der Waals surface area contributed by atoms with E-state index in [1.165, 1.54) is 19.2 Å². The number of benzene rings is 2. The highest BCUT2D eigenvalue weighted by atomic mass is 79.9. The highest BCUT2D eigenvalue weighted by molar-refractivity contribution is 9.10. The molecule has 2 aromatic carbocycles. The molecule has 2 rings (SSSR count). The van der Waals surface area contributed by atoms with Crippen LogP contribution in [0.1, 0.15) is 5.56 Å². The maximum absolute atomic E-state index is 10.8. The van der Waals surface area contributed by atoms with Crippen LogP contribution in [-0.2, 0) is 6.61 Å². The second kappa shape index (κ2) is 6.38. The highest BCUT2D eigenvalue weighted by Crippen LogP contribution is 2.24. The second-order valence-electron chi connectivity index (χ2n) is 4.04. The zero-order valence-electron chi connectivity index (χ0n) is 10.7. The number of non-ortho nitro benzene ring substituents is 1. The lowest BCUT2D eigenvalue weighted by molar-refractivity contribution is -0.385. The van der Waals surface area contributed by atoms with Gasteiger partial charge in [-0.2, -0.15) is 0 Å². The molecule has 6 heteroatoms. The van der Waals surface area contributed by atoms with Crippen LogP contribution in [0.25, 0.3) is 0 Å². The second-order valence-corrected chi connectivity index (χ2v) is 4.95. The maximum Gasteiger partial charge on any atom is 0.273 e. The van der Waals surface area contributed by atoms with Gasteiger partial charge in [0.05, 0.1) is 18.1 Å². The van der Waals surface area contributed by atoms with E-state index in [-0.39, 0.29) is 12.3 Å². The van der Waals surface area contributed by atoms with Crippen LogP contribution in [0.4, 0.5) is 5.69 Å². The topological polar surface area (TPSA) is 61.6 Å². The average Bonchev–Trinajstić information content (AvgIpc) is 2.46. The Hall–Kier alpha value is -2.08. The third-order valence-corrected chi connectivity index (χ3v) is 3.15. The molecular weight excluding hydrogens is 326 g/mol. The normalized spacial score (nSPS) is 10.1. The Morgan fingerprint density at radius 1 is 1.15 bits per heavy atom. The summed E-state index contributed by atoms with van der Waals surface area (Å²) in [4.78, 5) is 10.4. The van der Waals surface area contributed by atoms with Gasteiger partial charge in [0.25, 0.3) is 5.69 Å². The summed E-state index contributed by atoms with van der Waals surface area (Å²) in [6, 6.07) is 11.9. The smallest absolute Gasteiger partial charge is 0.273 e. The van der Waals surface area contributed by atoms with Crippen molar-refractivity contribution in [2.75, 3.05) is 7.11 Å². The molecule has 104 valence electrons. The number of rotatable bonds is 5. The minimum absolute atomic E-state index is 0.0150. The van der Waals surface area contributed by atoms with Crippen molar-refractivity contribution < 1.29 is 14.4 Å². The zero-order chi connectivity index (χ0) is 14.5. The molecule has 0 N–H and O–H groups in total. The molecule has 0 unspecified atom stereocenters. The number of nitro benzene ring substituents is 1. The van der Waals surface area contributed by atoms with Gasteiger partial charge < -0.3 is 9.47 Å². The van der Waals surface area contributed by atoms with Crippen molar-refractivity contribution in [1.82, 2.24) is 0 Å². The van der Waals surface area contributed by atoms with Crippen molar-refractivity contribution >= 4 is 21.6 Å². The average molecular weight is 338 g/mol. The van der Waals surface area contributed by atoms with Crippen LogP contribution in [0.15, 0.2) is 46.9 Å². The Labute approximate surface area is 124 Å². The van der Waals surface area contributed by atoms with Crippen molar-refractivity contribution in [3.63, 3.8) is 0 Å². The fourth-order valence-electron chi connectivity index (χ4n) is 1.65. The molecule has 0 aliphatic heterocycles. The third kappa shape index (κ3) is 3.71. The summed E-state index contributed by atoms with van der Waals surface area (Å²) >= 11 is 3.34. The standard InChI is InChI=1S/C14H12BrNO4/c1-19-14-7-10(6-12(8-14)16(17)18)9-20-13-4-2-11(15)3-5-13/h2-8H,9H2,1H3. The van der Waals surface area contributed by atoms with E-state index in [2.05, 4.69) is 15.9 Å². The lowest BCUT2D eigenvalue weighted by Crippen LogP contribution is -1.98. The van der Waals surface area contributed by atoms with Crippen LogP contribution in [-0.4, -0.2) is 12.0 Å². The van der Waals surface area contributed by atoms with E-state index in [1.54, 1.807) is 6.07 Å². The molecule has 0 saturated heterocycles. The van der Waals surface area contributed by atoms with E-state index in [4.69, 9.17) is 9.47 Å². The Balaban J connectivity index is 2.14. The van der Waals surface area contributed by atoms with Crippen molar-refractivity contribution in [3.8, 4) is 11.5 Å². The van der Waals surface area contributed by atoms with Gasteiger partial charge in [-0.1, -0.05) is 15.9 Å². The summed E-state index contributed by atoms with van der Waals surface area (Å²) in [5, 5.41) is 10.8. The van der Waals surface area contributed by atoms with E-state index >= 15 is 0 Å². The van der Waals surface area contributed by atoms with Crippen LogP contribution in [0.2, 0.25) is 0 Å². The van der Waals surface area contributed by atoms with Crippen molar-refractivity contribution in [2.24, 2.45) is 0 Å². The van der Waals surface area contributed by atoms with Gasteiger partial charge in [-0.05, 0) is 35.9 Å². The fraction of sp³-hybridized carbons (Fsp3) is 0.143. The molecule has 0 atom stereocenters. The van der Waals surface area contributed by atoms with Crippen LogP contribution in [0.5, 0.6) is 11.5 Å². The van der Waals surface area contributed by atoms with Crippen molar-refractivity contribution in [1.29, 1.82) is 0 Å². The summed E-state index contributed by atoms with van der Waals surface area (Å²) in [6.45, 7) is 0.236. The van der Waals surface area contributed by atoms with Gasteiger partial charge in [-0.3, -0.25) is 10.1 Å². The van der Waals surface area contributed by atoms with Gasteiger partial charge in [0, 0.05) is 10.5 Å². The summed E-state index contributed by atoms with van der Waals surface area (Å²) < 4.78 is 11.6. The number of halogens is 1. The first-order chi connectivity index (χ1) is 9.58. The van der Waals surface area contributed by atoms with Crippen molar-refractivity contribution in [2.45, 2.75) is 6.61 Å². The number of nitrogens with zero attached hydrogens (tertiary/aromatic N) is 1. The van der Waals surface area contributed by atoms with Gasteiger partial charge in [-0.25, -0.2) is 0 Å². The van der Waals surface area contributed by atoms with Gasteiger partial charge >= 0.3 is 0 Å². The molecule has 2 aromatic rings. The number of hydrogen-bond donors (Lipinski definition) is 0. The van der Waals surface area contributed by atoms with Gasteiger partial charge in [-0.15, -0.1) is 0 Å². The van der Waals surface area contributed by atoms with E-state index in [1.807, 2.05) is 24.3 Å². The van der Waals surface area contributed by atoms with E-state index < -0.39 is 4.92 Å². The SMILES string of the molecule is COc1cc(COc2ccc(Br)cc2)cc([N+](=O)[O-])c1. The number of hydrogen-bond acceptors (Lipinski definition) is 4. The summed E-state index contributed by atoms with van der Waals surface area (Å²) in [6.07, 6.45) is 0. The van der Waals surface area contributed by atoms with Crippen LogP contribution < -0.4 is 9.47 Å². The molecule has 0 bridgehead atoms. The molecule has 0 aliphatic rings. The Bertz CT molecular complexity index is 613. The molecule has 0 amide bonds. The quantitative estimate of drug-likeness (QED) is 0.612. The predicted octanol–water partition coefficient (Wildman–Crippen LogP) is 3.94. The molecule has 0 saturated carbocycles. The molecule has 5 nitrogen and oxygen atoms in total. The number of nitro groups is 1. The summed E-state index contributed by atoms with van der Waals surface area (Å²) in [5.74, 6) is 1.13. The maximum atomic E-state index is 10.8. The molecule has 0 aromatic heterocycles.